The number of carbonyl (C=O) groups is 2. The maximum atomic E-state index is 11.9. The summed E-state index contributed by atoms with van der Waals surface area (Å²) >= 11 is 0. The van der Waals surface area contributed by atoms with Gasteiger partial charge < -0.3 is 9.84 Å². The van der Waals surface area contributed by atoms with E-state index >= 15 is 0 Å². The molecule has 1 N–H and O–H groups in total. The van der Waals surface area contributed by atoms with Crippen LogP contribution in [0.3, 0.4) is 0 Å². The molecule has 0 unspecified atom stereocenters. The van der Waals surface area contributed by atoms with Gasteiger partial charge in [-0.15, -0.1) is 0 Å². The van der Waals surface area contributed by atoms with E-state index in [-0.39, 0.29) is 11.5 Å². The van der Waals surface area contributed by atoms with Gasteiger partial charge in [0.15, 0.2) is 0 Å². The Morgan fingerprint density at radius 1 is 1.08 bits per heavy atom. The van der Waals surface area contributed by atoms with Crippen molar-refractivity contribution in [2.24, 2.45) is 0 Å². The fourth-order valence-corrected chi connectivity index (χ4v) is 2.76. The van der Waals surface area contributed by atoms with Crippen molar-refractivity contribution in [1.82, 2.24) is 4.57 Å². The Morgan fingerprint density at radius 3 is 2.46 bits per heavy atom. The first kappa shape index (κ1) is 15.8. The van der Waals surface area contributed by atoms with Crippen molar-refractivity contribution in [1.29, 1.82) is 0 Å². The average Bonchev–Trinajstić information content (AvgIpc) is 3.03. The maximum absolute atomic E-state index is 11.9. The number of carboxylic acid groups (broad SMARTS) is 1. The second-order valence-electron chi connectivity index (χ2n) is 5.43. The number of methoxy groups -OCH3 is 1. The van der Waals surface area contributed by atoms with E-state index in [2.05, 4.69) is 0 Å². The van der Waals surface area contributed by atoms with Crippen LogP contribution in [-0.2, 0) is 0 Å². The molecule has 0 aliphatic rings. The molecule has 122 valence electrons. The third-order valence-corrected chi connectivity index (χ3v) is 4.03. The number of fused-ring (bicyclic) bond motifs is 1. The van der Waals surface area contributed by atoms with Gasteiger partial charge in [-0.3, -0.25) is 9.36 Å². The molecule has 0 aliphatic carbocycles. The molecular formula is C19H17NO4. The minimum Gasteiger partial charge on any atom is -0.496 e. The van der Waals surface area contributed by atoms with Crippen molar-refractivity contribution < 1.29 is 19.4 Å². The van der Waals surface area contributed by atoms with Crippen molar-refractivity contribution in [3.05, 3.63) is 54.2 Å². The number of benzene rings is 2. The fraction of sp³-hybridized carbons (Fsp3) is 0.158. The van der Waals surface area contributed by atoms with Gasteiger partial charge >= 0.3 is 5.97 Å². The van der Waals surface area contributed by atoms with Crippen LogP contribution in [0, 0.1) is 0 Å². The molecule has 1 aromatic heterocycles. The lowest BCUT2D eigenvalue weighted by Crippen LogP contribution is -2.06. The number of ether oxygens (including phenoxy) is 1. The number of hydrogen-bond donors (Lipinski definition) is 1. The van der Waals surface area contributed by atoms with Crippen LogP contribution in [0.15, 0.2) is 48.7 Å². The monoisotopic (exact) mass is 323 g/mol. The number of nitrogens with zero attached hydrogens (tertiary/aromatic N) is 1. The topological polar surface area (TPSA) is 68.5 Å². The zero-order valence-electron chi connectivity index (χ0n) is 13.4. The van der Waals surface area contributed by atoms with Gasteiger partial charge in [-0.1, -0.05) is 19.1 Å². The summed E-state index contributed by atoms with van der Waals surface area (Å²) in [5.41, 5.74) is 2.77. The summed E-state index contributed by atoms with van der Waals surface area (Å²) in [6.45, 7) is 1.83. The highest BCUT2D eigenvalue weighted by molar-refractivity contribution is 5.95. The lowest BCUT2D eigenvalue weighted by molar-refractivity contribution is 0.0693. The van der Waals surface area contributed by atoms with E-state index in [9.17, 15) is 9.59 Å². The molecule has 24 heavy (non-hydrogen) atoms. The molecule has 0 bridgehead atoms. The number of carboxylic acids is 1. The number of hydrogen-bond acceptors (Lipinski definition) is 3. The average molecular weight is 323 g/mol. The molecule has 3 aromatic rings. The Kier molecular flexibility index (Phi) is 4.08. The van der Waals surface area contributed by atoms with Crippen LogP contribution in [0.25, 0.3) is 22.0 Å². The van der Waals surface area contributed by atoms with Gasteiger partial charge in [-0.25, -0.2) is 4.79 Å². The minimum absolute atomic E-state index is 0.0465. The SMILES string of the molecule is CCC(=O)n1ccc2cc(-c3ccc(C(=O)O)c(OC)c3)ccc21. The Balaban J connectivity index is 2.07. The lowest BCUT2D eigenvalue weighted by Gasteiger charge is -2.09. The molecule has 0 amide bonds. The predicted molar refractivity (Wildman–Crippen MR) is 91.8 cm³/mol. The molecule has 2 aromatic carbocycles. The van der Waals surface area contributed by atoms with Crippen LogP contribution in [-0.4, -0.2) is 28.7 Å². The number of aromatic carboxylic acids is 1. The van der Waals surface area contributed by atoms with Crippen LogP contribution in [0.4, 0.5) is 0 Å². The predicted octanol–water partition coefficient (Wildman–Crippen LogP) is 4.07. The molecule has 0 saturated carbocycles. The van der Waals surface area contributed by atoms with Crippen LogP contribution in [0.1, 0.15) is 28.5 Å². The van der Waals surface area contributed by atoms with Gasteiger partial charge in [0.05, 0.1) is 12.6 Å². The molecule has 5 nitrogen and oxygen atoms in total. The summed E-state index contributed by atoms with van der Waals surface area (Å²) in [7, 11) is 1.45. The van der Waals surface area contributed by atoms with Crippen LogP contribution >= 0.6 is 0 Å². The standard InChI is InChI=1S/C19H17NO4/c1-3-18(21)20-9-8-14-10-12(5-7-16(14)20)13-4-6-15(19(22)23)17(11-13)24-2/h4-11H,3H2,1-2H3,(H,22,23). The molecule has 0 fully saturated rings. The summed E-state index contributed by atoms with van der Waals surface area (Å²) in [6, 6.07) is 12.7. The third kappa shape index (κ3) is 2.65. The lowest BCUT2D eigenvalue weighted by atomic mass is 10.0. The molecule has 0 spiro atoms. The highest BCUT2D eigenvalue weighted by atomic mass is 16.5. The van der Waals surface area contributed by atoms with Crippen molar-refractivity contribution in [3.63, 3.8) is 0 Å². The quantitative estimate of drug-likeness (QED) is 0.786. The summed E-state index contributed by atoms with van der Waals surface area (Å²) in [4.78, 5) is 23.1. The summed E-state index contributed by atoms with van der Waals surface area (Å²) in [5.74, 6) is -0.659. The molecule has 5 heteroatoms. The van der Waals surface area contributed by atoms with E-state index in [1.807, 2.05) is 31.2 Å². The third-order valence-electron chi connectivity index (χ3n) is 4.03. The fourth-order valence-electron chi connectivity index (χ4n) is 2.76. The Bertz CT molecular complexity index is 940. The summed E-state index contributed by atoms with van der Waals surface area (Å²) < 4.78 is 6.82. The second-order valence-corrected chi connectivity index (χ2v) is 5.43. The maximum Gasteiger partial charge on any atom is 0.339 e. The van der Waals surface area contributed by atoms with Crippen molar-refractivity contribution in [2.45, 2.75) is 13.3 Å². The molecule has 0 radical (unpaired) electrons. The van der Waals surface area contributed by atoms with E-state index in [0.29, 0.717) is 12.2 Å². The highest BCUT2D eigenvalue weighted by Crippen LogP contribution is 2.30. The summed E-state index contributed by atoms with van der Waals surface area (Å²) in [5, 5.41) is 10.1. The normalized spacial score (nSPS) is 10.8. The van der Waals surface area contributed by atoms with E-state index in [0.717, 1.165) is 22.0 Å². The molecule has 1 heterocycles. The Morgan fingerprint density at radius 2 is 1.79 bits per heavy atom. The smallest absolute Gasteiger partial charge is 0.339 e. The van der Waals surface area contributed by atoms with Crippen LogP contribution in [0.2, 0.25) is 0 Å². The van der Waals surface area contributed by atoms with E-state index in [1.54, 1.807) is 22.9 Å². The first-order valence-electron chi connectivity index (χ1n) is 7.61. The van der Waals surface area contributed by atoms with Crippen LogP contribution < -0.4 is 4.74 Å². The van der Waals surface area contributed by atoms with Crippen molar-refractivity contribution >= 4 is 22.8 Å². The number of aromatic nitrogens is 1. The first-order valence-corrected chi connectivity index (χ1v) is 7.61. The van der Waals surface area contributed by atoms with Gasteiger partial charge in [-0.05, 0) is 41.5 Å². The Hall–Kier alpha value is -3.08. The van der Waals surface area contributed by atoms with Gasteiger partial charge in [0, 0.05) is 18.0 Å². The van der Waals surface area contributed by atoms with E-state index < -0.39 is 5.97 Å². The van der Waals surface area contributed by atoms with Crippen molar-refractivity contribution in [2.75, 3.05) is 7.11 Å². The highest BCUT2D eigenvalue weighted by Gasteiger charge is 2.13. The summed E-state index contributed by atoms with van der Waals surface area (Å²) in [6.07, 6.45) is 2.22. The van der Waals surface area contributed by atoms with E-state index in [4.69, 9.17) is 9.84 Å². The van der Waals surface area contributed by atoms with Gasteiger partial charge in [0.1, 0.15) is 11.3 Å². The zero-order chi connectivity index (χ0) is 17.3. The number of rotatable bonds is 4. The molecule has 0 atom stereocenters. The van der Waals surface area contributed by atoms with Gasteiger partial charge in [0.25, 0.3) is 0 Å². The molecular weight excluding hydrogens is 306 g/mol. The molecule has 3 rings (SSSR count). The van der Waals surface area contributed by atoms with Gasteiger partial charge in [-0.2, -0.15) is 0 Å². The van der Waals surface area contributed by atoms with Crippen LogP contribution in [0.5, 0.6) is 5.75 Å². The molecule has 0 aliphatic heterocycles. The van der Waals surface area contributed by atoms with E-state index in [1.165, 1.54) is 13.2 Å². The number of carbonyl (C=O) groups excluding carboxylic acids is 1. The van der Waals surface area contributed by atoms with Gasteiger partial charge in [0.2, 0.25) is 5.91 Å². The second kappa shape index (κ2) is 6.20. The minimum atomic E-state index is -1.02. The first-order chi connectivity index (χ1) is 11.5. The Labute approximate surface area is 139 Å². The largest absolute Gasteiger partial charge is 0.496 e. The van der Waals surface area contributed by atoms with Crippen molar-refractivity contribution in [3.8, 4) is 16.9 Å². The molecule has 0 saturated heterocycles. The zero-order valence-corrected chi connectivity index (χ0v) is 13.4.